The molecule has 0 N–H and O–H groups in total. The first-order valence-corrected chi connectivity index (χ1v) is 3.36. The molecule has 1 heteroatoms. The summed E-state index contributed by atoms with van der Waals surface area (Å²) in [6.45, 7) is 6.85. The molecule has 8 heavy (non-hydrogen) atoms. The van der Waals surface area contributed by atoms with Gasteiger partial charge in [-0.3, -0.25) is 4.90 Å². The van der Waals surface area contributed by atoms with Crippen LogP contribution in [0.25, 0.3) is 0 Å². The molecule has 1 saturated heterocycles. The molecule has 1 unspecified atom stereocenters. The van der Waals surface area contributed by atoms with Crippen LogP contribution in [-0.4, -0.2) is 24.0 Å². The van der Waals surface area contributed by atoms with Gasteiger partial charge in [-0.25, -0.2) is 0 Å². The average Bonchev–Trinajstić information content (AvgIpc) is 2.15. The van der Waals surface area contributed by atoms with Gasteiger partial charge < -0.3 is 0 Å². The van der Waals surface area contributed by atoms with E-state index in [1.807, 2.05) is 0 Å². The van der Waals surface area contributed by atoms with Crippen molar-refractivity contribution in [3.05, 3.63) is 0 Å². The Morgan fingerprint density at radius 1 is 1.38 bits per heavy atom. The van der Waals surface area contributed by atoms with Crippen molar-refractivity contribution < 1.29 is 0 Å². The van der Waals surface area contributed by atoms with Crippen LogP contribution in [-0.2, 0) is 0 Å². The van der Waals surface area contributed by atoms with Crippen LogP contribution in [0.15, 0.2) is 0 Å². The molecule has 0 bridgehead atoms. The third-order valence-corrected chi connectivity index (χ3v) is 2.20. The fraction of sp³-hybridized carbons (Fsp3) is 1.00. The van der Waals surface area contributed by atoms with Gasteiger partial charge in [0.25, 0.3) is 0 Å². The monoisotopic (exact) mass is 113 g/mol. The molecule has 48 valence electrons. The molecule has 0 radical (unpaired) electrons. The Morgan fingerprint density at radius 3 is 1.75 bits per heavy atom. The summed E-state index contributed by atoms with van der Waals surface area (Å²) < 4.78 is 0. The highest BCUT2D eigenvalue weighted by atomic mass is 15.3. The van der Waals surface area contributed by atoms with Crippen molar-refractivity contribution in [1.29, 1.82) is 0 Å². The van der Waals surface area contributed by atoms with E-state index in [1.165, 1.54) is 0 Å². The van der Waals surface area contributed by atoms with Crippen LogP contribution in [0.1, 0.15) is 20.8 Å². The average molecular weight is 113 g/mol. The second-order valence-electron chi connectivity index (χ2n) is 3.14. The molecule has 1 heterocycles. The minimum atomic E-state index is 0.843. The normalized spacial score (nSPS) is 45.4. The molecule has 0 aromatic carbocycles. The summed E-state index contributed by atoms with van der Waals surface area (Å²) in [5.74, 6) is 0.843. The van der Waals surface area contributed by atoms with Crippen LogP contribution < -0.4 is 0 Å². The summed E-state index contributed by atoms with van der Waals surface area (Å²) in [7, 11) is 2.19. The molecular weight excluding hydrogens is 98.1 g/mol. The summed E-state index contributed by atoms with van der Waals surface area (Å²) in [5, 5.41) is 0. The zero-order valence-corrected chi connectivity index (χ0v) is 6.18. The Bertz CT molecular complexity index is 73.6. The lowest BCUT2D eigenvalue weighted by Crippen LogP contribution is -2.02. The fourth-order valence-corrected chi connectivity index (χ4v) is 1.55. The molecule has 1 aliphatic rings. The summed E-state index contributed by atoms with van der Waals surface area (Å²) in [5.41, 5.74) is 0. The van der Waals surface area contributed by atoms with Crippen LogP contribution in [0.5, 0.6) is 0 Å². The molecule has 1 nitrogen and oxygen atoms in total. The van der Waals surface area contributed by atoms with Gasteiger partial charge in [0.2, 0.25) is 0 Å². The highest BCUT2D eigenvalue weighted by Gasteiger charge is 2.41. The predicted octanol–water partition coefficient (Wildman–Crippen LogP) is 1.34. The second-order valence-corrected chi connectivity index (χ2v) is 3.14. The summed E-state index contributed by atoms with van der Waals surface area (Å²) in [6, 6.07) is 1.71. The van der Waals surface area contributed by atoms with Crippen LogP contribution in [0.2, 0.25) is 0 Å². The smallest absolute Gasteiger partial charge is 0.0272 e. The van der Waals surface area contributed by atoms with Gasteiger partial charge in [0.1, 0.15) is 0 Å². The Labute approximate surface area is 51.7 Å². The molecule has 0 aliphatic carbocycles. The van der Waals surface area contributed by atoms with Gasteiger partial charge in [-0.15, -0.1) is 0 Å². The molecule has 3 atom stereocenters. The van der Waals surface area contributed by atoms with E-state index in [9.17, 15) is 0 Å². The van der Waals surface area contributed by atoms with Gasteiger partial charge in [0.05, 0.1) is 0 Å². The Balaban J connectivity index is 2.33. The summed E-state index contributed by atoms with van der Waals surface area (Å²) in [6.07, 6.45) is 0. The van der Waals surface area contributed by atoms with E-state index in [-0.39, 0.29) is 0 Å². The van der Waals surface area contributed by atoms with Crippen molar-refractivity contribution in [3.63, 3.8) is 0 Å². The lowest BCUT2D eigenvalue weighted by Gasteiger charge is -1.97. The van der Waals surface area contributed by atoms with E-state index in [1.54, 1.807) is 0 Å². The van der Waals surface area contributed by atoms with Crippen molar-refractivity contribution >= 4 is 0 Å². The first-order chi connectivity index (χ1) is 3.64. The van der Waals surface area contributed by atoms with Crippen LogP contribution in [0.3, 0.4) is 0 Å². The SMILES string of the molecule is CC(C)[C@@H]1[C@@H](C)N1C. The third-order valence-electron chi connectivity index (χ3n) is 2.20. The number of hydrogen-bond acceptors (Lipinski definition) is 1. The zero-order chi connectivity index (χ0) is 6.31. The molecule has 1 rings (SSSR count). The maximum absolute atomic E-state index is 2.41. The van der Waals surface area contributed by atoms with Crippen molar-refractivity contribution in [2.75, 3.05) is 7.05 Å². The van der Waals surface area contributed by atoms with Crippen LogP contribution in [0.4, 0.5) is 0 Å². The third kappa shape index (κ3) is 0.752. The molecule has 0 aromatic rings. The Hall–Kier alpha value is -0.0400. The van der Waals surface area contributed by atoms with Crippen molar-refractivity contribution in [2.45, 2.75) is 32.9 Å². The second kappa shape index (κ2) is 1.73. The van der Waals surface area contributed by atoms with Gasteiger partial charge in [-0.1, -0.05) is 13.8 Å². The van der Waals surface area contributed by atoms with E-state index < -0.39 is 0 Å². The van der Waals surface area contributed by atoms with Crippen molar-refractivity contribution in [3.8, 4) is 0 Å². The van der Waals surface area contributed by atoms with Gasteiger partial charge in [-0.2, -0.15) is 0 Å². The fourth-order valence-electron chi connectivity index (χ4n) is 1.55. The van der Waals surface area contributed by atoms with Gasteiger partial charge in [-0.05, 0) is 19.9 Å². The van der Waals surface area contributed by atoms with E-state index >= 15 is 0 Å². The Morgan fingerprint density at radius 2 is 1.75 bits per heavy atom. The van der Waals surface area contributed by atoms with E-state index in [0.717, 1.165) is 18.0 Å². The van der Waals surface area contributed by atoms with E-state index in [4.69, 9.17) is 0 Å². The Kier molecular flexibility index (Phi) is 1.31. The maximum atomic E-state index is 2.41. The van der Waals surface area contributed by atoms with Gasteiger partial charge >= 0.3 is 0 Å². The molecule has 0 saturated carbocycles. The first-order valence-electron chi connectivity index (χ1n) is 3.36. The molecule has 1 aliphatic heterocycles. The van der Waals surface area contributed by atoms with E-state index in [2.05, 4.69) is 32.7 Å². The van der Waals surface area contributed by atoms with Crippen LogP contribution >= 0.6 is 0 Å². The number of nitrogens with zero attached hydrogens (tertiary/aromatic N) is 1. The standard InChI is InChI=1S/C7H15N/c1-5(2)7-6(3)8(7)4/h5-7H,1-4H3/t6-,7-,8?/m1/s1. The summed E-state index contributed by atoms with van der Waals surface area (Å²) >= 11 is 0. The lowest BCUT2D eigenvalue weighted by atomic mass is 10.1. The molecular formula is C7H15N. The quantitative estimate of drug-likeness (QED) is 0.464. The minimum Gasteiger partial charge on any atom is -0.297 e. The zero-order valence-electron chi connectivity index (χ0n) is 6.18. The number of likely N-dealkylation sites (N-methyl/N-ethyl adjacent to an activating group) is 1. The number of rotatable bonds is 1. The lowest BCUT2D eigenvalue weighted by molar-refractivity contribution is 0.505. The van der Waals surface area contributed by atoms with Gasteiger partial charge in [0, 0.05) is 12.1 Å². The van der Waals surface area contributed by atoms with Crippen molar-refractivity contribution in [2.24, 2.45) is 5.92 Å². The molecule has 1 fully saturated rings. The largest absolute Gasteiger partial charge is 0.297 e. The first kappa shape index (κ1) is 6.09. The topological polar surface area (TPSA) is 3.01 Å². The highest BCUT2D eigenvalue weighted by molar-refractivity contribution is 4.97. The molecule has 0 amide bonds. The molecule has 0 spiro atoms. The number of hydrogen-bond donors (Lipinski definition) is 0. The van der Waals surface area contributed by atoms with Gasteiger partial charge in [0.15, 0.2) is 0 Å². The maximum Gasteiger partial charge on any atom is 0.0272 e. The van der Waals surface area contributed by atoms with Crippen LogP contribution in [0, 0.1) is 5.92 Å². The minimum absolute atomic E-state index is 0.843. The predicted molar refractivity (Wildman–Crippen MR) is 35.9 cm³/mol. The summed E-state index contributed by atoms with van der Waals surface area (Å²) in [4.78, 5) is 2.41. The van der Waals surface area contributed by atoms with E-state index in [0.29, 0.717) is 0 Å². The highest BCUT2D eigenvalue weighted by Crippen LogP contribution is 2.30. The molecule has 0 aromatic heterocycles. The van der Waals surface area contributed by atoms with Crippen molar-refractivity contribution in [1.82, 2.24) is 4.90 Å².